The molecule has 0 aliphatic rings. The summed E-state index contributed by atoms with van der Waals surface area (Å²) in [4.78, 5) is 27.9. The molecule has 1 N–H and O–H groups in total. The lowest BCUT2D eigenvalue weighted by Crippen LogP contribution is -2.09. The van der Waals surface area contributed by atoms with Crippen molar-refractivity contribution in [1.29, 1.82) is 0 Å². The molecule has 0 radical (unpaired) electrons. The summed E-state index contributed by atoms with van der Waals surface area (Å²) < 4.78 is 44.7. The van der Waals surface area contributed by atoms with Gasteiger partial charge in [-0.1, -0.05) is 12.1 Å². The number of halogens is 2. The highest BCUT2D eigenvalue weighted by Gasteiger charge is 2.28. The van der Waals surface area contributed by atoms with Crippen molar-refractivity contribution >= 4 is 33.9 Å². The predicted octanol–water partition coefficient (Wildman–Crippen LogP) is 5.31. The lowest BCUT2D eigenvalue weighted by molar-refractivity contribution is -0.384. The Morgan fingerprint density at radius 3 is 2.41 bits per heavy atom. The Labute approximate surface area is 191 Å². The van der Waals surface area contributed by atoms with Crippen LogP contribution in [0.3, 0.4) is 0 Å². The molecule has 0 spiro atoms. The number of nitrogens with one attached hydrogen (secondary N) is 1. The van der Waals surface area contributed by atoms with Gasteiger partial charge in [-0.15, -0.1) is 0 Å². The van der Waals surface area contributed by atoms with Crippen LogP contribution in [0.2, 0.25) is 0 Å². The highest BCUT2D eigenvalue weighted by molar-refractivity contribution is 6.10. The summed E-state index contributed by atoms with van der Waals surface area (Å²) in [5, 5.41) is 14.6. The van der Waals surface area contributed by atoms with Crippen molar-refractivity contribution in [2.75, 3.05) is 19.5 Å². The topological polar surface area (TPSA) is 117 Å². The van der Waals surface area contributed by atoms with E-state index in [2.05, 4.69) is 10.3 Å². The number of carbonyl (C=O) groups excluding carboxylic acids is 1. The summed E-state index contributed by atoms with van der Waals surface area (Å²) in [6.45, 7) is 1.70. The van der Waals surface area contributed by atoms with Gasteiger partial charge in [0.25, 0.3) is 5.69 Å². The summed E-state index contributed by atoms with van der Waals surface area (Å²) in [6, 6.07) is 8.40. The second-order valence-electron chi connectivity index (χ2n) is 7.18. The highest BCUT2D eigenvalue weighted by Crippen LogP contribution is 2.34. The zero-order valence-electron chi connectivity index (χ0n) is 18.1. The van der Waals surface area contributed by atoms with Gasteiger partial charge in [0.1, 0.15) is 17.1 Å². The van der Waals surface area contributed by atoms with Crippen LogP contribution in [0, 0.1) is 28.7 Å². The third-order valence-electron chi connectivity index (χ3n) is 5.13. The molecule has 11 heteroatoms. The zero-order chi connectivity index (χ0) is 24.6. The minimum atomic E-state index is -1.20. The van der Waals surface area contributed by atoms with E-state index in [1.807, 2.05) is 0 Å². The number of rotatable bonds is 7. The maximum Gasteiger partial charge on any atom is 0.292 e. The molecule has 0 saturated carbocycles. The van der Waals surface area contributed by atoms with Crippen LogP contribution >= 0.6 is 0 Å². The molecular formula is C23H17F2N3O6. The smallest absolute Gasteiger partial charge is 0.292 e. The molecule has 0 atom stereocenters. The number of anilines is 2. The SMILES string of the molecule is COc1cc(OC)c(F)c(C(=O)c2cc3cc(Nc4c(C)cccc4[N+](=O)[O-])ncc3o2)c1F. The Morgan fingerprint density at radius 2 is 1.79 bits per heavy atom. The number of pyridine rings is 1. The number of para-hydroxylation sites is 1. The van der Waals surface area contributed by atoms with E-state index in [1.165, 1.54) is 38.6 Å². The first-order chi connectivity index (χ1) is 16.2. The summed E-state index contributed by atoms with van der Waals surface area (Å²) in [5.74, 6) is -4.30. The lowest BCUT2D eigenvalue weighted by atomic mass is 10.1. The number of fused-ring (bicyclic) bond motifs is 1. The Kier molecular flexibility index (Phi) is 5.84. The monoisotopic (exact) mass is 469 g/mol. The number of aromatic nitrogens is 1. The predicted molar refractivity (Wildman–Crippen MR) is 118 cm³/mol. The van der Waals surface area contributed by atoms with Gasteiger partial charge in [-0.2, -0.15) is 0 Å². The van der Waals surface area contributed by atoms with E-state index < -0.39 is 27.9 Å². The number of furan rings is 1. The molecule has 2 heterocycles. The van der Waals surface area contributed by atoms with E-state index in [0.29, 0.717) is 10.9 Å². The van der Waals surface area contributed by atoms with Crippen LogP contribution in [-0.2, 0) is 0 Å². The van der Waals surface area contributed by atoms with Crippen LogP contribution in [0.1, 0.15) is 21.7 Å². The van der Waals surface area contributed by atoms with Gasteiger partial charge in [-0.3, -0.25) is 14.9 Å². The number of ether oxygens (including phenoxy) is 2. The van der Waals surface area contributed by atoms with E-state index in [9.17, 15) is 23.7 Å². The number of hydrogen-bond donors (Lipinski definition) is 1. The van der Waals surface area contributed by atoms with Crippen LogP contribution < -0.4 is 14.8 Å². The number of carbonyl (C=O) groups is 1. The second-order valence-corrected chi connectivity index (χ2v) is 7.18. The van der Waals surface area contributed by atoms with Crippen LogP contribution in [0.4, 0.5) is 26.0 Å². The van der Waals surface area contributed by atoms with Crippen molar-refractivity contribution in [2.24, 2.45) is 0 Å². The molecule has 9 nitrogen and oxygen atoms in total. The average Bonchev–Trinajstić information content (AvgIpc) is 3.24. The first-order valence-electron chi connectivity index (χ1n) is 9.80. The van der Waals surface area contributed by atoms with Gasteiger partial charge in [0.15, 0.2) is 34.5 Å². The van der Waals surface area contributed by atoms with E-state index in [4.69, 9.17) is 13.9 Å². The Hall–Kier alpha value is -4.54. The fourth-order valence-corrected chi connectivity index (χ4v) is 3.43. The molecular weight excluding hydrogens is 452 g/mol. The van der Waals surface area contributed by atoms with Crippen LogP contribution in [0.5, 0.6) is 11.5 Å². The molecule has 174 valence electrons. The molecule has 2 aromatic carbocycles. The van der Waals surface area contributed by atoms with Crippen LogP contribution in [0.25, 0.3) is 11.0 Å². The van der Waals surface area contributed by atoms with Crippen LogP contribution in [0.15, 0.2) is 47.0 Å². The van der Waals surface area contributed by atoms with Crippen molar-refractivity contribution in [3.63, 3.8) is 0 Å². The normalized spacial score (nSPS) is 10.9. The fourth-order valence-electron chi connectivity index (χ4n) is 3.43. The molecule has 34 heavy (non-hydrogen) atoms. The molecule has 0 aliphatic heterocycles. The van der Waals surface area contributed by atoms with Gasteiger partial charge in [-0.05, 0) is 24.6 Å². The van der Waals surface area contributed by atoms with E-state index in [0.717, 1.165) is 6.07 Å². The van der Waals surface area contributed by atoms with Gasteiger partial charge in [0, 0.05) is 17.5 Å². The first-order valence-corrected chi connectivity index (χ1v) is 9.80. The van der Waals surface area contributed by atoms with Crippen molar-refractivity contribution in [3.8, 4) is 11.5 Å². The van der Waals surface area contributed by atoms with Crippen molar-refractivity contribution < 1.29 is 32.4 Å². The molecule has 0 aliphatic carbocycles. The van der Waals surface area contributed by atoms with Gasteiger partial charge in [0.05, 0.1) is 25.3 Å². The van der Waals surface area contributed by atoms with Gasteiger partial charge < -0.3 is 19.2 Å². The lowest BCUT2D eigenvalue weighted by Gasteiger charge is -2.10. The summed E-state index contributed by atoms with van der Waals surface area (Å²) in [7, 11) is 2.34. The van der Waals surface area contributed by atoms with E-state index >= 15 is 0 Å². The number of ketones is 1. The first kappa shape index (κ1) is 22.6. The third-order valence-corrected chi connectivity index (χ3v) is 5.13. The third kappa shape index (κ3) is 3.87. The second kappa shape index (κ2) is 8.77. The average molecular weight is 469 g/mol. The van der Waals surface area contributed by atoms with Gasteiger partial charge in [-0.25, -0.2) is 13.8 Å². The Bertz CT molecular complexity index is 1420. The minimum absolute atomic E-state index is 0.136. The number of benzene rings is 2. The Balaban J connectivity index is 1.74. The van der Waals surface area contributed by atoms with Gasteiger partial charge >= 0.3 is 0 Å². The quantitative estimate of drug-likeness (QED) is 0.220. The molecule has 4 aromatic rings. The molecule has 0 amide bonds. The minimum Gasteiger partial charge on any atom is -0.494 e. The van der Waals surface area contributed by atoms with Crippen LogP contribution in [-0.4, -0.2) is 29.9 Å². The number of nitro benzene ring substituents is 1. The number of methoxy groups -OCH3 is 2. The molecule has 2 aromatic heterocycles. The molecule has 0 bridgehead atoms. The standard InChI is InChI=1S/C23H17F2N3O6/c1-11-5-4-6-13(28(30)31)22(11)27-18-8-12-7-16(34-17(12)10-26-18)23(29)19-20(24)14(32-2)9-15(33-3)21(19)25/h4-10H,1-3H3,(H,26,27). The van der Waals surface area contributed by atoms with Crippen molar-refractivity contribution in [2.45, 2.75) is 6.92 Å². The van der Waals surface area contributed by atoms with E-state index in [1.54, 1.807) is 19.1 Å². The van der Waals surface area contributed by atoms with Crippen molar-refractivity contribution in [3.05, 3.63) is 81.2 Å². The number of hydrogen-bond acceptors (Lipinski definition) is 8. The molecule has 0 unspecified atom stereocenters. The molecule has 4 rings (SSSR count). The molecule has 0 fully saturated rings. The fraction of sp³-hybridized carbons (Fsp3) is 0.130. The maximum absolute atomic E-state index is 14.7. The summed E-state index contributed by atoms with van der Waals surface area (Å²) in [6.07, 6.45) is 1.29. The maximum atomic E-state index is 14.7. The van der Waals surface area contributed by atoms with Gasteiger partial charge in [0.2, 0.25) is 5.78 Å². The number of nitrogens with zero attached hydrogens (tertiary/aromatic N) is 2. The summed E-state index contributed by atoms with van der Waals surface area (Å²) in [5.41, 5.74) is 0.0210. The highest BCUT2D eigenvalue weighted by atomic mass is 19.1. The molecule has 0 saturated heterocycles. The number of nitro groups is 1. The van der Waals surface area contributed by atoms with E-state index in [-0.39, 0.29) is 40.0 Å². The Morgan fingerprint density at radius 1 is 1.12 bits per heavy atom. The number of aryl methyl sites for hydroxylation is 1. The zero-order valence-corrected chi connectivity index (χ0v) is 18.1. The van der Waals surface area contributed by atoms with Crippen molar-refractivity contribution in [1.82, 2.24) is 4.98 Å². The largest absolute Gasteiger partial charge is 0.494 e. The summed E-state index contributed by atoms with van der Waals surface area (Å²) >= 11 is 0.